The minimum atomic E-state index is -0.394. The second-order valence-corrected chi connectivity index (χ2v) is 6.87. The summed E-state index contributed by atoms with van der Waals surface area (Å²) in [7, 11) is 3.22. The molecule has 1 heterocycles. The number of benzene rings is 1. The van der Waals surface area contributed by atoms with E-state index < -0.39 is 6.10 Å². The van der Waals surface area contributed by atoms with E-state index in [4.69, 9.17) is 14.2 Å². The smallest absolute Gasteiger partial charge is 0.258 e. The van der Waals surface area contributed by atoms with Gasteiger partial charge in [0.05, 0.1) is 13.2 Å². The van der Waals surface area contributed by atoms with Gasteiger partial charge < -0.3 is 19.1 Å². The lowest BCUT2D eigenvalue weighted by Gasteiger charge is -2.48. The molecule has 0 bridgehead atoms. The molecule has 0 aromatic heterocycles. The predicted octanol–water partition coefficient (Wildman–Crippen LogP) is 3.23. The van der Waals surface area contributed by atoms with Gasteiger partial charge in [0.1, 0.15) is 12.5 Å². The van der Waals surface area contributed by atoms with Crippen LogP contribution in [0.1, 0.15) is 32.6 Å². The largest absolute Gasteiger partial charge is 0.497 e. The molecule has 132 valence electrons. The third-order valence-corrected chi connectivity index (χ3v) is 5.45. The van der Waals surface area contributed by atoms with Crippen LogP contribution in [-0.2, 0) is 14.3 Å². The van der Waals surface area contributed by atoms with Gasteiger partial charge in [0.25, 0.3) is 5.91 Å². The van der Waals surface area contributed by atoms with Crippen LogP contribution in [0.3, 0.4) is 0 Å². The zero-order valence-electron chi connectivity index (χ0n) is 14.7. The second kappa shape index (κ2) is 7.53. The SMILES string of the molecule is COCO[C@H]1C(=O)N(c2ccc(OC)cc2)C1CC(C)C1CCC1. The first-order chi connectivity index (χ1) is 11.7. The van der Waals surface area contributed by atoms with Crippen molar-refractivity contribution in [3.05, 3.63) is 24.3 Å². The Kier molecular flexibility index (Phi) is 5.41. The van der Waals surface area contributed by atoms with Crippen molar-refractivity contribution in [1.29, 1.82) is 0 Å². The number of hydrogen-bond donors (Lipinski definition) is 0. The first-order valence-electron chi connectivity index (χ1n) is 8.73. The summed E-state index contributed by atoms with van der Waals surface area (Å²) in [4.78, 5) is 14.5. The van der Waals surface area contributed by atoms with Gasteiger partial charge in [-0.3, -0.25) is 4.79 Å². The number of rotatable bonds is 8. The molecule has 0 N–H and O–H groups in total. The first-order valence-corrected chi connectivity index (χ1v) is 8.73. The summed E-state index contributed by atoms with van der Waals surface area (Å²) in [5.74, 6) is 2.20. The molecular formula is C19H27NO4. The molecule has 0 spiro atoms. The Morgan fingerprint density at radius 3 is 2.46 bits per heavy atom. The molecule has 2 unspecified atom stereocenters. The van der Waals surface area contributed by atoms with E-state index in [0.717, 1.165) is 23.8 Å². The van der Waals surface area contributed by atoms with E-state index in [-0.39, 0.29) is 18.7 Å². The number of nitrogens with zero attached hydrogens (tertiary/aromatic N) is 1. The Morgan fingerprint density at radius 2 is 1.92 bits per heavy atom. The third-order valence-electron chi connectivity index (χ3n) is 5.45. The predicted molar refractivity (Wildman–Crippen MR) is 92.1 cm³/mol. The Bertz CT molecular complexity index is 555. The lowest BCUT2D eigenvalue weighted by atomic mass is 9.73. The molecule has 1 amide bonds. The van der Waals surface area contributed by atoms with Crippen molar-refractivity contribution in [2.75, 3.05) is 25.9 Å². The first kappa shape index (κ1) is 17.2. The monoisotopic (exact) mass is 333 g/mol. The Hall–Kier alpha value is -1.59. The van der Waals surface area contributed by atoms with Crippen LogP contribution < -0.4 is 9.64 Å². The molecule has 5 heteroatoms. The summed E-state index contributed by atoms with van der Waals surface area (Å²) in [6, 6.07) is 7.72. The summed E-state index contributed by atoms with van der Waals surface area (Å²) in [5, 5.41) is 0. The van der Waals surface area contributed by atoms with E-state index in [2.05, 4.69) is 6.92 Å². The summed E-state index contributed by atoms with van der Waals surface area (Å²) >= 11 is 0. The molecular weight excluding hydrogens is 306 g/mol. The minimum Gasteiger partial charge on any atom is -0.497 e. The van der Waals surface area contributed by atoms with E-state index in [0.29, 0.717) is 5.92 Å². The molecule has 0 radical (unpaired) electrons. The van der Waals surface area contributed by atoms with Crippen LogP contribution in [0.5, 0.6) is 5.75 Å². The summed E-state index contributed by atoms with van der Waals surface area (Å²) in [5.41, 5.74) is 0.906. The van der Waals surface area contributed by atoms with Crippen LogP contribution >= 0.6 is 0 Å². The maximum atomic E-state index is 12.6. The molecule has 3 atom stereocenters. The van der Waals surface area contributed by atoms with Crippen LogP contribution in [0.25, 0.3) is 0 Å². The van der Waals surface area contributed by atoms with Gasteiger partial charge in [-0.1, -0.05) is 26.2 Å². The summed E-state index contributed by atoms with van der Waals surface area (Å²) in [6.07, 6.45) is 4.54. The van der Waals surface area contributed by atoms with Crippen LogP contribution in [0.15, 0.2) is 24.3 Å². The third kappa shape index (κ3) is 3.28. The number of anilines is 1. The fraction of sp³-hybridized carbons (Fsp3) is 0.632. The average Bonchev–Trinajstić information content (AvgIpc) is 2.54. The number of carbonyl (C=O) groups is 1. The summed E-state index contributed by atoms with van der Waals surface area (Å²) < 4.78 is 15.8. The van der Waals surface area contributed by atoms with E-state index in [1.807, 2.05) is 29.2 Å². The highest BCUT2D eigenvalue weighted by Gasteiger charge is 2.50. The summed E-state index contributed by atoms with van der Waals surface area (Å²) in [6.45, 7) is 2.45. The molecule has 1 aliphatic carbocycles. The molecule has 3 rings (SSSR count). The molecule has 1 saturated heterocycles. The average molecular weight is 333 g/mol. The van der Waals surface area contributed by atoms with Gasteiger partial charge in [0.15, 0.2) is 6.10 Å². The molecule has 2 fully saturated rings. The highest BCUT2D eigenvalue weighted by molar-refractivity contribution is 6.04. The highest BCUT2D eigenvalue weighted by atomic mass is 16.7. The zero-order chi connectivity index (χ0) is 17.1. The quantitative estimate of drug-likeness (QED) is 0.541. The van der Waals surface area contributed by atoms with Crippen molar-refractivity contribution >= 4 is 11.6 Å². The van der Waals surface area contributed by atoms with Gasteiger partial charge >= 0.3 is 0 Å². The number of hydrogen-bond acceptors (Lipinski definition) is 4. The number of methoxy groups -OCH3 is 2. The maximum absolute atomic E-state index is 12.6. The van der Waals surface area contributed by atoms with Crippen LogP contribution in [0.2, 0.25) is 0 Å². The number of carbonyl (C=O) groups excluding carboxylic acids is 1. The van der Waals surface area contributed by atoms with Gasteiger partial charge in [-0.2, -0.15) is 0 Å². The van der Waals surface area contributed by atoms with Crippen LogP contribution in [0, 0.1) is 11.8 Å². The molecule has 1 aromatic carbocycles. The lowest BCUT2D eigenvalue weighted by Crippen LogP contribution is -2.66. The fourth-order valence-corrected chi connectivity index (χ4v) is 3.71. The Labute approximate surface area is 143 Å². The van der Waals surface area contributed by atoms with E-state index in [1.54, 1.807) is 14.2 Å². The van der Waals surface area contributed by atoms with Crippen molar-refractivity contribution in [3.63, 3.8) is 0 Å². The molecule has 2 aliphatic rings. The Morgan fingerprint density at radius 1 is 1.21 bits per heavy atom. The number of ether oxygens (including phenoxy) is 3. The highest BCUT2D eigenvalue weighted by Crippen LogP contribution is 2.40. The molecule has 24 heavy (non-hydrogen) atoms. The van der Waals surface area contributed by atoms with Gasteiger partial charge in [-0.05, 0) is 42.5 Å². The van der Waals surface area contributed by atoms with Gasteiger partial charge in [0.2, 0.25) is 0 Å². The lowest BCUT2D eigenvalue weighted by molar-refractivity contribution is -0.155. The zero-order valence-corrected chi connectivity index (χ0v) is 14.7. The molecule has 1 aromatic rings. The van der Waals surface area contributed by atoms with Gasteiger partial charge in [-0.15, -0.1) is 0 Å². The van der Waals surface area contributed by atoms with Crippen LogP contribution in [-0.4, -0.2) is 39.1 Å². The normalized spacial score (nSPS) is 25.1. The molecule has 1 saturated carbocycles. The van der Waals surface area contributed by atoms with Crippen molar-refractivity contribution in [2.45, 2.75) is 44.8 Å². The van der Waals surface area contributed by atoms with E-state index in [9.17, 15) is 4.79 Å². The standard InChI is InChI=1S/C19H27NO4/c1-13(14-5-4-6-14)11-17-18(24-12-22-2)19(21)20(17)15-7-9-16(23-3)10-8-15/h7-10,13-14,17-18H,4-6,11-12H2,1-3H3/t13?,17?,18-/m1/s1. The van der Waals surface area contributed by atoms with Crippen molar-refractivity contribution < 1.29 is 19.0 Å². The van der Waals surface area contributed by atoms with Crippen molar-refractivity contribution in [1.82, 2.24) is 0 Å². The Balaban J connectivity index is 1.73. The number of β-lactam (4-membered cyclic amide) rings is 1. The molecule has 5 nitrogen and oxygen atoms in total. The maximum Gasteiger partial charge on any atom is 0.258 e. The minimum absolute atomic E-state index is 0.0167. The van der Waals surface area contributed by atoms with Crippen molar-refractivity contribution in [3.8, 4) is 5.75 Å². The van der Waals surface area contributed by atoms with E-state index in [1.165, 1.54) is 19.3 Å². The van der Waals surface area contributed by atoms with Crippen LogP contribution in [0.4, 0.5) is 5.69 Å². The van der Waals surface area contributed by atoms with E-state index >= 15 is 0 Å². The number of amides is 1. The molecule has 1 aliphatic heterocycles. The topological polar surface area (TPSA) is 48.0 Å². The van der Waals surface area contributed by atoms with Crippen molar-refractivity contribution in [2.24, 2.45) is 11.8 Å². The second-order valence-electron chi connectivity index (χ2n) is 6.87. The fourth-order valence-electron chi connectivity index (χ4n) is 3.71. The van der Waals surface area contributed by atoms with Gasteiger partial charge in [-0.25, -0.2) is 0 Å². The van der Waals surface area contributed by atoms with Gasteiger partial charge in [0, 0.05) is 12.8 Å².